The molecule has 0 spiro atoms. The van der Waals surface area contributed by atoms with Gasteiger partial charge in [0, 0.05) is 0 Å². The summed E-state index contributed by atoms with van der Waals surface area (Å²) in [5.41, 5.74) is 1.66. The second-order valence-electron chi connectivity index (χ2n) is 4.66. The Labute approximate surface area is 129 Å². The Hall–Kier alpha value is -1.59. The minimum absolute atomic E-state index is 0.554. The van der Waals surface area contributed by atoms with E-state index < -0.39 is 6.10 Å². The Morgan fingerprint density at radius 2 is 1.81 bits per heavy atom. The Morgan fingerprint density at radius 1 is 1.14 bits per heavy atom. The molecule has 4 nitrogen and oxygen atoms in total. The lowest BCUT2D eigenvalue weighted by Crippen LogP contribution is -2.03. The minimum atomic E-state index is -0.689. The maximum Gasteiger partial charge on any atom is 0.161 e. The lowest BCUT2D eigenvalue weighted by atomic mass is 10.1. The molecule has 0 saturated heterocycles. The number of aliphatic hydroxyl groups is 1. The molecule has 0 saturated carbocycles. The van der Waals surface area contributed by atoms with Crippen LogP contribution in [0.3, 0.4) is 0 Å². The summed E-state index contributed by atoms with van der Waals surface area (Å²) in [6.45, 7) is 8.85. The van der Waals surface area contributed by atoms with Crippen molar-refractivity contribution in [2.45, 2.75) is 33.8 Å². The van der Waals surface area contributed by atoms with E-state index in [1.807, 2.05) is 45.9 Å². The van der Waals surface area contributed by atoms with Crippen LogP contribution in [0.15, 0.2) is 18.2 Å². The van der Waals surface area contributed by atoms with Crippen LogP contribution in [0.2, 0.25) is 0 Å². The van der Waals surface area contributed by atoms with Crippen molar-refractivity contribution < 1.29 is 14.6 Å². The highest BCUT2D eigenvalue weighted by atomic mass is 32.1. The van der Waals surface area contributed by atoms with Crippen molar-refractivity contribution in [1.82, 2.24) is 4.98 Å². The second kappa shape index (κ2) is 6.91. The topological polar surface area (TPSA) is 51.6 Å². The quantitative estimate of drug-likeness (QED) is 0.885. The zero-order valence-corrected chi connectivity index (χ0v) is 13.7. The molecule has 1 heterocycles. The van der Waals surface area contributed by atoms with Crippen LogP contribution < -0.4 is 9.47 Å². The Balaban J connectivity index is 2.35. The van der Waals surface area contributed by atoms with Crippen LogP contribution in [0.4, 0.5) is 0 Å². The number of rotatable bonds is 6. The van der Waals surface area contributed by atoms with Crippen molar-refractivity contribution in [3.63, 3.8) is 0 Å². The first-order valence-corrected chi connectivity index (χ1v) is 7.90. The molecule has 0 aliphatic rings. The molecule has 0 amide bonds. The average Bonchev–Trinajstić information content (AvgIpc) is 2.79. The van der Waals surface area contributed by atoms with E-state index in [2.05, 4.69) is 4.98 Å². The smallest absolute Gasteiger partial charge is 0.161 e. The molecule has 0 aliphatic heterocycles. The molecule has 1 atom stereocenters. The molecule has 0 aliphatic carbocycles. The summed E-state index contributed by atoms with van der Waals surface area (Å²) < 4.78 is 11.1. The number of hydrogen-bond acceptors (Lipinski definition) is 5. The molecular formula is C16H21NO3S. The Bertz CT molecular complexity index is 610. The van der Waals surface area contributed by atoms with E-state index in [-0.39, 0.29) is 0 Å². The molecule has 0 radical (unpaired) electrons. The van der Waals surface area contributed by atoms with Crippen molar-refractivity contribution in [2.24, 2.45) is 0 Å². The van der Waals surface area contributed by atoms with Gasteiger partial charge in [-0.05, 0) is 45.4 Å². The van der Waals surface area contributed by atoms with Gasteiger partial charge in [-0.3, -0.25) is 0 Å². The first-order valence-electron chi connectivity index (χ1n) is 7.08. The first-order chi connectivity index (χ1) is 10.1. The number of ether oxygens (including phenoxy) is 2. The highest BCUT2D eigenvalue weighted by Gasteiger charge is 2.18. The maximum absolute atomic E-state index is 10.6. The third-order valence-electron chi connectivity index (χ3n) is 3.07. The summed E-state index contributed by atoms with van der Waals surface area (Å²) in [6.07, 6.45) is -0.689. The van der Waals surface area contributed by atoms with Crippen molar-refractivity contribution in [3.05, 3.63) is 39.3 Å². The van der Waals surface area contributed by atoms with E-state index in [0.717, 1.165) is 21.1 Å². The van der Waals surface area contributed by atoms with E-state index >= 15 is 0 Å². The van der Waals surface area contributed by atoms with E-state index in [4.69, 9.17) is 9.47 Å². The van der Waals surface area contributed by atoms with Gasteiger partial charge in [0.1, 0.15) is 6.10 Å². The summed E-state index contributed by atoms with van der Waals surface area (Å²) in [5.74, 6) is 1.36. The Morgan fingerprint density at radius 3 is 2.38 bits per heavy atom. The lowest BCUT2D eigenvalue weighted by molar-refractivity contribution is 0.221. The summed E-state index contributed by atoms with van der Waals surface area (Å²) in [7, 11) is 0. The van der Waals surface area contributed by atoms with Gasteiger partial charge in [-0.2, -0.15) is 0 Å². The molecule has 0 fully saturated rings. The SMILES string of the molecule is CCOc1ccc(C(O)c2sc(C)nc2C)cc1OCC. The van der Waals surface area contributed by atoms with E-state index in [1.165, 1.54) is 11.3 Å². The fraction of sp³-hybridized carbons (Fsp3) is 0.438. The number of benzene rings is 1. The van der Waals surface area contributed by atoms with E-state index in [9.17, 15) is 5.11 Å². The lowest BCUT2D eigenvalue weighted by Gasteiger charge is -2.15. The summed E-state index contributed by atoms with van der Waals surface area (Å²) >= 11 is 1.52. The highest BCUT2D eigenvalue weighted by Crippen LogP contribution is 2.35. The summed E-state index contributed by atoms with van der Waals surface area (Å²) in [4.78, 5) is 5.24. The predicted molar refractivity (Wildman–Crippen MR) is 84.4 cm³/mol. The van der Waals surface area contributed by atoms with Gasteiger partial charge in [0.25, 0.3) is 0 Å². The average molecular weight is 307 g/mol. The largest absolute Gasteiger partial charge is 0.490 e. The van der Waals surface area contributed by atoms with Gasteiger partial charge in [0.15, 0.2) is 11.5 Å². The van der Waals surface area contributed by atoms with Crippen LogP contribution in [-0.2, 0) is 0 Å². The van der Waals surface area contributed by atoms with Gasteiger partial charge >= 0.3 is 0 Å². The first kappa shape index (κ1) is 15.8. The van der Waals surface area contributed by atoms with Gasteiger partial charge in [-0.25, -0.2) is 4.98 Å². The number of thiazole rings is 1. The van der Waals surface area contributed by atoms with Gasteiger partial charge in [-0.1, -0.05) is 6.07 Å². The molecule has 1 unspecified atom stereocenters. The highest BCUT2D eigenvalue weighted by molar-refractivity contribution is 7.11. The summed E-state index contributed by atoms with van der Waals surface area (Å²) in [5, 5.41) is 11.5. The monoisotopic (exact) mass is 307 g/mol. The predicted octanol–water partition coefficient (Wildman–Crippen LogP) is 3.64. The zero-order chi connectivity index (χ0) is 15.4. The van der Waals surface area contributed by atoms with Crippen LogP contribution in [0, 0.1) is 13.8 Å². The number of nitrogens with zero attached hydrogens (tertiary/aromatic N) is 1. The fourth-order valence-electron chi connectivity index (χ4n) is 2.19. The van der Waals surface area contributed by atoms with Crippen LogP contribution in [0.25, 0.3) is 0 Å². The summed E-state index contributed by atoms with van der Waals surface area (Å²) in [6, 6.07) is 5.55. The molecule has 114 valence electrons. The Kier molecular flexibility index (Phi) is 5.20. The molecular weight excluding hydrogens is 286 g/mol. The van der Waals surface area contributed by atoms with Crippen molar-refractivity contribution >= 4 is 11.3 Å². The third kappa shape index (κ3) is 3.54. The zero-order valence-electron chi connectivity index (χ0n) is 12.8. The number of aryl methyl sites for hydroxylation is 2. The normalized spacial score (nSPS) is 12.2. The van der Waals surface area contributed by atoms with E-state index in [1.54, 1.807) is 0 Å². The van der Waals surface area contributed by atoms with Crippen molar-refractivity contribution in [2.75, 3.05) is 13.2 Å². The second-order valence-corrected chi connectivity index (χ2v) is 5.89. The molecule has 5 heteroatoms. The van der Waals surface area contributed by atoms with E-state index in [0.29, 0.717) is 24.7 Å². The fourth-order valence-corrected chi connectivity index (χ4v) is 3.13. The van der Waals surface area contributed by atoms with Crippen LogP contribution >= 0.6 is 11.3 Å². The van der Waals surface area contributed by atoms with Gasteiger partial charge in [-0.15, -0.1) is 11.3 Å². The number of aromatic nitrogens is 1. The third-order valence-corrected chi connectivity index (χ3v) is 4.20. The van der Waals surface area contributed by atoms with Crippen molar-refractivity contribution in [3.8, 4) is 11.5 Å². The minimum Gasteiger partial charge on any atom is -0.490 e. The molecule has 0 bridgehead atoms. The molecule has 1 N–H and O–H groups in total. The number of aliphatic hydroxyl groups excluding tert-OH is 1. The van der Waals surface area contributed by atoms with Crippen molar-refractivity contribution in [1.29, 1.82) is 0 Å². The van der Waals surface area contributed by atoms with Gasteiger partial charge < -0.3 is 14.6 Å². The standard InChI is InChI=1S/C16H21NO3S/c1-5-19-13-8-7-12(9-14(13)20-6-2)15(18)16-10(3)17-11(4)21-16/h7-9,15,18H,5-6H2,1-4H3. The molecule has 1 aromatic carbocycles. The van der Waals surface area contributed by atoms with Gasteiger partial charge in [0.2, 0.25) is 0 Å². The molecule has 2 aromatic rings. The van der Waals surface area contributed by atoms with Crippen LogP contribution in [0.1, 0.15) is 41.1 Å². The van der Waals surface area contributed by atoms with Crippen LogP contribution in [0.5, 0.6) is 11.5 Å². The van der Waals surface area contributed by atoms with Crippen LogP contribution in [-0.4, -0.2) is 23.3 Å². The molecule has 1 aromatic heterocycles. The maximum atomic E-state index is 10.6. The molecule has 21 heavy (non-hydrogen) atoms. The number of hydrogen-bond donors (Lipinski definition) is 1. The molecule has 2 rings (SSSR count). The van der Waals surface area contributed by atoms with Gasteiger partial charge in [0.05, 0.1) is 28.8 Å².